The first-order valence-corrected chi connectivity index (χ1v) is 21.2. The molecule has 0 aromatic carbocycles. The van der Waals surface area contributed by atoms with Crippen LogP contribution in [0, 0.1) is 0 Å². The Bertz CT molecular complexity index is 966. The molecule has 172 valence electrons. The van der Waals surface area contributed by atoms with Gasteiger partial charge in [-0.1, -0.05) is 19.6 Å². The molecule has 2 aromatic rings. The van der Waals surface area contributed by atoms with Gasteiger partial charge in [0, 0.05) is 0 Å². The van der Waals surface area contributed by atoms with Gasteiger partial charge in [0.2, 0.25) is 0 Å². The minimum atomic E-state index is -1.84. The molecule has 4 atom stereocenters. The molecule has 4 heterocycles. The molecule has 2 aliphatic heterocycles. The molecule has 0 saturated carbocycles. The summed E-state index contributed by atoms with van der Waals surface area (Å²) in [6, 6.07) is 0.512. The summed E-state index contributed by atoms with van der Waals surface area (Å²) >= 11 is 0. The van der Waals surface area contributed by atoms with Crippen LogP contribution in [0.15, 0.2) is 6.33 Å². The van der Waals surface area contributed by atoms with E-state index < -0.39 is 24.9 Å². The molecule has 0 spiro atoms. The first kappa shape index (κ1) is 22.9. The van der Waals surface area contributed by atoms with Crippen molar-refractivity contribution in [2.45, 2.75) is 83.5 Å². The maximum Gasteiger partial charge on any atom is 0.301 e. The zero-order valence-corrected chi connectivity index (χ0v) is 23.0. The van der Waals surface area contributed by atoms with Gasteiger partial charge in [-0.2, -0.15) is 4.98 Å². The van der Waals surface area contributed by atoms with Crippen LogP contribution in [-0.4, -0.2) is 69.3 Å². The lowest BCUT2D eigenvalue weighted by atomic mass is 10.1. The fraction of sp³-hybridized carbons (Fsp3) is 0.737. The fourth-order valence-electron chi connectivity index (χ4n) is 3.83. The SMILES string of the molecule is C[Si](C)(C)Nc1ncnc2c1nc1n2C2OC(CO[Si](C)(C)C)C(O[Si](C)(C)C)C2O1. The van der Waals surface area contributed by atoms with Crippen LogP contribution in [0.25, 0.3) is 11.2 Å². The number of nitrogens with zero attached hydrogens (tertiary/aromatic N) is 4. The van der Waals surface area contributed by atoms with Gasteiger partial charge in [-0.05, 0) is 39.3 Å². The molecular formula is C19H35N5O4Si3. The Labute approximate surface area is 187 Å². The highest BCUT2D eigenvalue weighted by molar-refractivity contribution is 6.79. The van der Waals surface area contributed by atoms with Crippen LogP contribution >= 0.6 is 0 Å². The second-order valence-corrected chi connectivity index (χ2v) is 25.0. The topological polar surface area (TPSA) is 92.6 Å². The van der Waals surface area contributed by atoms with Crippen molar-refractivity contribution in [2.75, 3.05) is 11.6 Å². The number of aromatic nitrogens is 4. The van der Waals surface area contributed by atoms with E-state index in [9.17, 15) is 0 Å². The van der Waals surface area contributed by atoms with Crippen molar-refractivity contribution in [3.8, 4) is 6.01 Å². The quantitative estimate of drug-likeness (QED) is 0.597. The van der Waals surface area contributed by atoms with Crippen LogP contribution < -0.4 is 9.72 Å². The van der Waals surface area contributed by atoms with Crippen LogP contribution in [0.5, 0.6) is 6.01 Å². The van der Waals surface area contributed by atoms with Crippen molar-refractivity contribution >= 4 is 41.9 Å². The maximum absolute atomic E-state index is 6.54. The third kappa shape index (κ3) is 4.88. The largest absolute Gasteiger partial charge is 0.454 e. The lowest BCUT2D eigenvalue weighted by molar-refractivity contribution is -0.0352. The van der Waals surface area contributed by atoms with Crippen molar-refractivity contribution in [1.29, 1.82) is 0 Å². The minimum Gasteiger partial charge on any atom is -0.454 e. The van der Waals surface area contributed by atoms with Gasteiger partial charge in [0.1, 0.15) is 32.6 Å². The van der Waals surface area contributed by atoms with Gasteiger partial charge in [-0.25, -0.2) is 14.5 Å². The predicted octanol–water partition coefficient (Wildman–Crippen LogP) is 3.80. The molecule has 2 aromatic heterocycles. The Morgan fingerprint density at radius 1 is 1.03 bits per heavy atom. The van der Waals surface area contributed by atoms with Crippen molar-refractivity contribution in [3.63, 3.8) is 0 Å². The second-order valence-electron chi connectivity index (χ2n) is 11.3. The molecule has 0 aliphatic carbocycles. The summed E-state index contributed by atoms with van der Waals surface area (Å²) < 4.78 is 27.5. The summed E-state index contributed by atoms with van der Waals surface area (Å²) in [4.78, 5) is 17.2. The Morgan fingerprint density at radius 2 is 1.74 bits per heavy atom. The first-order chi connectivity index (χ1) is 14.2. The molecule has 0 amide bonds. The summed E-state index contributed by atoms with van der Waals surface area (Å²) in [6.07, 6.45) is 0.569. The predicted molar refractivity (Wildman–Crippen MR) is 128 cm³/mol. The maximum atomic E-state index is 6.54. The molecule has 9 nitrogen and oxygen atoms in total. The Kier molecular flexibility index (Phi) is 5.62. The van der Waals surface area contributed by atoms with Crippen LogP contribution in [0.3, 0.4) is 0 Å². The van der Waals surface area contributed by atoms with Crippen LogP contribution in [0.4, 0.5) is 5.82 Å². The van der Waals surface area contributed by atoms with Gasteiger partial charge in [0.25, 0.3) is 0 Å². The van der Waals surface area contributed by atoms with Crippen molar-refractivity contribution in [2.24, 2.45) is 0 Å². The molecule has 0 bridgehead atoms. The Hall–Kier alpha value is -1.32. The van der Waals surface area contributed by atoms with E-state index in [-0.39, 0.29) is 24.5 Å². The third-order valence-electron chi connectivity index (χ3n) is 4.89. The number of hydrogen-bond acceptors (Lipinski definition) is 8. The molecule has 4 unspecified atom stereocenters. The number of nitrogens with one attached hydrogen (secondary N) is 1. The van der Waals surface area contributed by atoms with E-state index in [0.717, 1.165) is 11.5 Å². The summed E-state index contributed by atoms with van der Waals surface area (Å²) in [5, 5.41) is 0. The van der Waals surface area contributed by atoms with Crippen molar-refractivity contribution in [1.82, 2.24) is 19.5 Å². The molecule has 4 rings (SSSR count). The number of anilines is 1. The highest BCUT2D eigenvalue weighted by Gasteiger charge is 2.55. The van der Waals surface area contributed by atoms with Crippen LogP contribution in [-0.2, 0) is 13.6 Å². The number of fused-ring (bicyclic) bond motifs is 5. The van der Waals surface area contributed by atoms with Gasteiger partial charge in [0.15, 0.2) is 40.1 Å². The average Bonchev–Trinajstić information content (AvgIpc) is 3.20. The molecule has 1 fully saturated rings. The monoisotopic (exact) mass is 481 g/mol. The zero-order valence-electron chi connectivity index (χ0n) is 20.0. The lowest BCUT2D eigenvalue weighted by Gasteiger charge is -2.30. The van der Waals surface area contributed by atoms with Gasteiger partial charge >= 0.3 is 6.01 Å². The minimum absolute atomic E-state index is 0.194. The highest BCUT2D eigenvalue weighted by atomic mass is 28.4. The molecular weight excluding hydrogens is 446 g/mol. The smallest absolute Gasteiger partial charge is 0.301 e. The van der Waals surface area contributed by atoms with E-state index in [1.54, 1.807) is 6.33 Å². The Morgan fingerprint density at radius 3 is 2.35 bits per heavy atom. The summed E-state index contributed by atoms with van der Waals surface area (Å²) in [5.41, 5.74) is 1.43. The molecule has 1 N–H and O–H groups in total. The fourth-order valence-corrected chi connectivity index (χ4v) is 6.49. The van der Waals surface area contributed by atoms with E-state index >= 15 is 0 Å². The molecule has 0 radical (unpaired) electrons. The first-order valence-electron chi connectivity index (χ1n) is 10.9. The van der Waals surface area contributed by atoms with Crippen molar-refractivity contribution < 1.29 is 18.3 Å². The van der Waals surface area contributed by atoms with Gasteiger partial charge in [-0.15, -0.1) is 0 Å². The van der Waals surface area contributed by atoms with Crippen molar-refractivity contribution in [3.05, 3.63) is 6.33 Å². The highest BCUT2D eigenvalue weighted by Crippen LogP contribution is 2.45. The number of rotatable bonds is 7. The van der Waals surface area contributed by atoms with E-state index in [2.05, 4.69) is 73.9 Å². The Balaban J connectivity index is 1.67. The van der Waals surface area contributed by atoms with Gasteiger partial charge in [0.05, 0.1) is 6.61 Å². The molecule has 31 heavy (non-hydrogen) atoms. The third-order valence-corrected chi connectivity index (χ3v) is 7.89. The summed E-state index contributed by atoms with van der Waals surface area (Å²) in [5.74, 6) is 0.748. The summed E-state index contributed by atoms with van der Waals surface area (Å²) in [6.45, 7) is 20.2. The van der Waals surface area contributed by atoms with Crippen LogP contribution in [0.1, 0.15) is 6.23 Å². The standard InChI is InChI=1S/C19H35N5O4Si3/c1-29(2,3)23-16-13-17(21-11-20-16)24-18-15(27-19(24)22-13)14(28-31(7,8)9)12(26-18)10-25-30(4,5)6/h11-12,14-15,18H,10H2,1-9H3,(H,20,21,23). The number of hydrogen-bond donors (Lipinski definition) is 1. The van der Waals surface area contributed by atoms with E-state index in [0.29, 0.717) is 18.1 Å². The molecule has 12 heteroatoms. The second kappa shape index (κ2) is 7.63. The number of ether oxygens (including phenoxy) is 2. The summed E-state index contributed by atoms with van der Waals surface area (Å²) in [7, 11) is -5.14. The van der Waals surface area contributed by atoms with E-state index in [1.165, 1.54) is 0 Å². The molecule has 2 aliphatic rings. The number of imidazole rings is 1. The normalized spacial score (nSPS) is 26.1. The zero-order chi connectivity index (χ0) is 22.8. The van der Waals surface area contributed by atoms with Gasteiger partial charge in [-0.3, -0.25) is 0 Å². The lowest BCUT2D eigenvalue weighted by Crippen LogP contribution is -2.46. The molecule has 1 saturated heterocycles. The van der Waals surface area contributed by atoms with E-state index in [4.69, 9.17) is 23.3 Å². The average molecular weight is 482 g/mol. The van der Waals surface area contributed by atoms with E-state index in [1.807, 2.05) is 4.57 Å². The van der Waals surface area contributed by atoms with Gasteiger partial charge < -0.3 is 23.3 Å². The van der Waals surface area contributed by atoms with Crippen LogP contribution in [0.2, 0.25) is 58.9 Å².